The maximum atomic E-state index is 13.3. The van der Waals surface area contributed by atoms with Gasteiger partial charge in [-0.1, -0.05) is 0 Å². The van der Waals surface area contributed by atoms with Gasteiger partial charge in [-0.25, -0.2) is 9.07 Å². The fraction of sp³-hybridized carbons (Fsp3) is 0.542. The van der Waals surface area contributed by atoms with Gasteiger partial charge in [0.2, 0.25) is 11.8 Å². The molecule has 2 aliphatic heterocycles. The van der Waals surface area contributed by atoms with Crippen LogP contribution in [-0.2, 0) is 16.0 Å². The highest BCUT2D eigenvalue weighted by molar-refractivity contribution is 5.80. The zero-order valence-corrected chi connectivity index (χ0v) is 19.0. The molecule has 3 heterocycles. The second-order valence-electron chi connectivity index (χ2n) is 8.81. The van der Waals surface area contributed by atoms with Crippen molar-refractivity contribution >= 4 is 11.8 Å². The summed E-state index contributed by atoms with van der Waals surface area (Å²) in [5.41, 5.74) is 3.40. The quantitative estimate of drug-likeness (QED) is 0.715. The Morgan fingerprint density at radius 2 is 1.50 bits per heavy atom. The molecular weight excluding hydrogens is 409 g/mol. The molecule has 1 aromatic heterocycles. The number of carbonyl (C=O) groups is 2. The van der Waals surface area contributed by atoms with E-state index in [1.54, 1.807) is 16.8 Å². The molecule has 0 radical (unpaired) electrons. The van der Waals surface area contributed by atoms with E-state index in [4.69, 9.17) is 0 Å². The molecule has 2 aromatic rings. The summed E-state index contributed by atoms with van der Waals surface area (Å²) < 4.78 is 15.0. The molecule has 2 fully saturated rings. The number of aromatic nitrogens is 2. The average molecular weight is 442 g/mol. The van der Waals surface area contributed by atoms with Crippen LogP contribution in [0.25, 0.3) is 5.69 Å². The first kappa shape index (κ1) is 22.5. The Morgan fingerprint density at radius 3 is 2.16 bits per heavy atom. The lowest BCUT2D eigenvalue weighted by atomic mass is 10.1. The number of benzene rings is 1. The third-order valence-corrected chi connectivity index (χ3v) is 6.63. The van der Waals surface area contributed by atoms with Crippen molar-refractivity contribution in [3.63, 3.8) is 0 Å². The third kappa shape index (κ3) is 5.01. The van der Waals surface area contributed by atoms with E-state index < -0.39 is 0 Å². The second-order valence-corrected chi connectivity index (χ2v) is 8.81. The molecule has 0 atom stereocenters. The summed E-state index contributed by atoms with van der Waals surface area (Å²) in [6.07, 6.45) is 3.72. The van der Waals surface area contributed by atoms with Crippen LogP contribution in [0.5, 0.6) is 0 Å². The number of carbonyl (C=O) groups excluding carboxylic acids is 2. The van der Waals surface area contributed by atoms with Crippen LogP contribution in [0.2, 0.25) is 0 Å². The van der Waals surface area contributed by atoms with E-state index in [0.717, 1.165) is 61.7 Å². The van der Waals surface area contributed by atoms with Crippen molar-refractivity contribution in [2.24, 2.45) is 0 Å². The van der Waals surface area contributed by atoms with E-state index in [-0.39, 0.29) is 17.6 Å². The van der Waals surface area contributed by atoms with Gasteiger partial charge in [0.25, 0.3) is 0 Å². The Labute approximate surface area is 188 Å². The summed E-state index contributed by atoms with van der Waals surface area (Å²) >= 11 is 0. The first-order chi connectivity index (χ1) is 15.4. The molecule has 172 valence electrons. The van der Waals surface area contributed by atoms with Gasteiger partial charge in [0.15, 0.2) is 0 Å². The first-order valence-corrected chi connectivity index (χ1v) is 11.5. The smallest absolute Gasteiger partial charge is 0.236 e. The van der Waals surface area contributed by atoms with Crippen LogP contribution in [0.4, 0.5) is 4.39 Å². The van der Waals surface area contributed by atoms with Crippen LogP contribution in [0, 0.1) is 19.7 Å². The number of halogens is 1. The lowest BCUT2D eigenvalue weighted by Crippen LogP contribution is -2.52. The molecule has 7 nitrogen and oxygen atoms in total. The van der Waals surface area contributed by atoms with Gasteiger partial charge in [0.05, 0.1) is 24.3 Å². The highest BCUT2D eigenvalue weighted by Crippen LogP contribution is 2.20. The first-order valence-electron chi connectivity index (χ1n) is 11.5. The van der Waals surface area contributed by atoms with Crippen molar-refractivity contribution < 1.29 is 14.0 Å². The summed E-state index contributed by atoms with van der Waals surface area (Å²) in [4.78, 5) is 31.5. The molecule has 0 spiro atoms. The Bertz CT molecular complexity index is 958. The number of piperazine rings is 1. The minimum atomic E-state index is -0.289. The number of nitrogens with zero attached hydrogens (tertiary/aromatic N) is 5. The van der Waals surface area contributed by atoms with Crippen molar-refractivity contribution in [3.05, 3.63) is 47.0 Å². The monoisotopic (exact) mass is 441 g/mol. The van der Waals surface area contributed by atoms with Crippen molar-refractivity contribution in [2.75, 3.05) is 45.8 Å². The molecule has 8 heteroatoms. The Hall–Kier alpha value is -2.74. The standard InChI is InChI=1S/C24H32FN5O2/c1-18-22(19(2)30(26-18)21-8-6-20(25)7-9-21)16-23(31)29-14-12-27(13-15-29)17-24(32)28-10-4-3-5-11-28/h6-9H,3-5,10-17H2,1-2H3. The van der Waals surface area contributed by atoms with Gasteiger partial charge in [0, 0.05) is 50.5 Å². The van der Waals surface area contributed by atoms with Gasteiger partial charge in [0.1, 0.15) is 5.82 Å². The number of piperidine rings is 1. The number of hydrogen-bond donors (Lipinski definition) is 0. The second kappa shape index (κ2) is 9.81. The summed E-state index contributed by atoms with van der Waals surface area (Å²) in [6.45, 7) is 8.76. The van der Waals surface area contributed by atoms with E-state index in [0.29, 0.717) is 26.1 Å². The number of hydrogen-bond acceptors (Lipinski definition) is 4. The van der Waals surface area contributed by atoms with Gasteiger partial charge in [-0.15, -0.1) is 0 Å². The van der Waals surface area contributed by atoms with Crippen LogP contribution in [0.15, 0.2) is 24.3 Å². The van der Waals surface area contributed by atoms with Crippen LogP contribution in [0.1, 0.15) is 36.2 Å². The Balaban J connectivity index is 1.32. The van der Waals surface area contributed by atoms with Crippen molar-refractivity contribution in [1.29, 1.82) is 0 Å². The van der Waals surface area contributed by atoms with Crippen molar-refractivity contribution in [2.45, 2.75) is 39.5 Å². The molecule has 2 saturated heterocycles. The number of rotatable bonds is 5. The molecule has 1 aromatic carbocycles. The van der Waals surface area contributed by atoms with Crippen LogP contribution < -0.4 is 0 Å². The predicted octanol–water partition coefficient (Wildman–Crippen LogP) is 2.33. The molecule has 4 rings (SSSR count). The molecule has 32 heavy (non-hydrogen) atoms. The molecule has 0 unspecified atom stereocenters. The van der Waals surface area contributed by atoms with Crippen LogP contribution in [0.3, 0.4) is 0 Å². The summed E-state index contributed by atoms with van der Waals surface area (Å²) in [6, 6.07) is 6.19. The van der Waals surface area contributed by atoms with Gasteiger partial charge < -0.3 is 9.80 Å². The Kier molecular flexibility index (Phi) is 6.89. The van der Waals surface area contributed by atoms with E-state index in [2.05, 4.69) is 10.00 Å². The van der Waals surface area contributed by atoms with E-state index in [9.17, 15) is 14.0 Å². The number of amides is 2. The van der Waals surface area contributed by atoms with Crippen molar-refractivity contribution in [1.82, 2.24) is 24.5 Å². The SMILES string of the molecule is Cc1nn(-c2ccc(F)cc2)c(C)c1CC(=O)N1CCN(CC(=O)N2CCCCC2)CC1. The third-order valence-electron chi connectivity index (χ3n) is 6.63. The lowest BCUT2D eigenvalue weighted by Gasteiger charge is -2.36. The molecule has 2 aliphatic rings. The highest BCUT2D eigenvalue weighted by atomic mass is 19.1. The normalized spacial score (nSPS) is 17.6. The Morgan fingerprint density at radius 1 is 0.875 bits per heavy atom. The zero-order valence-electron chi connectivity index (χ0n) is 19.0. The minimum absolute atomic E-state index is 0.0804. The van der Waals surface area contributed by atoms with Gasteiger partial charge >= 0.3 is 0 Å². The van der Waals surface area contributed by atoms with Crippen LogP contribution >= 0.6 is 0 Å². The average Bonchev–Trinajstić information content (AvgIpc) is 3.09. The topological polar surface area (TPSA) is 61.7 Å². The molecule has 0 saturated carbocycles. The molecule has 2 amide bonds. The van der Waals surface area contributed by atoms with Gasteiger partial charge in [-0.3, -0.25) is 14.5 Å². The van der Waals surface area contributed by atoms with E-state index in [1.807, 2.05) is 23.6 Å². The van der Waals surface area contributed by atoms with Gasteiger partial charge in [-0.05, 0) is 57.4 Å². The fourth-order valence-electron chi connectivity index (χ4n) is 4.62. The molecule has 0 aliphatic carbocycles. The van der Waals surface area contributed by atoms with Gasteiger partial charge in [-0.2, -0.15) is 5.10 Å². The maximum Gasteiger partial charge on any atom is 0.236 e. The summed E-state index contributed by atoms with van der Waals surface area (Å²) in [5, 5.41) is 4.57. The predicted molar refractivity (Wildman–Crippen MR) is 120 cm³/mol. The van der Waals surface area contributed by atoms with E-state index in [1.165, 1.54) is 18.6 Å². The number of likely N-dealkylation sites (tertiary alicyclic amines) is 1. The maximum absolute atomic E-state index is 13.3. The molecule has 0 bridgehead atoms. The van der Waals surface area contributed by atoms with Crippen LogP contribution in [-0.4, -0.2) is 82.1 Å². The summed E-state index contributed by atoms with van der Waals surface area (Å²) in [7, 11) is 0. The fourth-order valence-corrected chi connectivity index (χ4v) is 4.62. The zero-order chi connectivity index (χ0) is 22.7. The van der Waals surface area contributed by atoms with E-state index >= 15 is 0 Å². The lowest BCUT2D eigenvalue weighted by molar-refractivity contribution is -0.135. The van der Waals surface area contributed by atoms with Crippen molar-refractivity contribution in [3.8, 4) is 5.69 Å². The molecular formula is C24H32FN5O2. The minimum Gasteiger partial charge on any atom is -0.342 e. The largest absolute Gasteiger partial charge is 0.342 e. The number of aryl methyl sites for hydroxylation is 1. The highest BCUT2D eigenvalue weighted by Gasteiger charge is 2.26. The summed E-state index contributed by atoms with van der Waals surface area (Å²) in [5.74, 6) is 0.00301. The molecule has 0 N–H and O–H groups in total.